The molecule has 1 heterocycles. The summed E-state index contributed by atoms with van der Waals surface area (Å²) in [6, 6.07) is 3.50. The number of phenols is 1. The molecule has 0 saturated carbocycles. The smallest absolute Gasteiger partial charge is 0.229 e. The molecule has 1 aliphatic heterocycles. The Labute approximate surface area is 125 Å². The van der Waals surface area contributed by atoms with Gasteiger partial charge in [0, 0.05) is 19.0 Å². The van der Waals surface area contributed by atoms with Crippen LogP contribution in [0.3, 0.4) is 0 Å². The zero-order valence-corrected chi connectivity index (χ0v) is 12.8. The summed E-state index contributed by atoms with van der Waals surface area (Å²) < 4.78 is 25.5. The van der Waals surface area contributed by atoms with E-state index in [1.807, 2.05) is 6.07 Å². The third kappa shape index (κ3) is 3.00. The molecule has 21 heavy (non-hydrogen) atoms. The number of anilines is 1. The van der Waals surface area contributed by atoms with Gasteiger partial charge in [-0.05, 0) is 36.5 Å². The molecular weight excluding hydrogens is 290 g/mol. The van der Waals surface area contributed by atoms with Gasteiger partial charge in [0.2, 0.25) is 10.0 Å². The molecule has 7 heteroatoms. The number of nitrogens with one attached hydrogen (secondary N) is 3. The summed E-state index contributed by atoms with van der Waals surface area (Å²) in [5, 5.41) is 16.9. The highest BCUT2D eigenvalue weighted by atomic mass is 32.2. The van der Waals surface area contributed by atoms with Crippen molar-refractivity contribution >= 4 is 15.7 Å². The van der Waals surface area contributed by atoms with Crippen LogP contribution in [-0.4, -0.2) is 39.0 Å². The lowest BCUT2D eigenvalue weighted by Crippen LogP contribution is -2.39. The summed E-state index contributed by atoms with van der Waals surface area (Å²) in [6.07, 6.45) is 4.15. The normalized spacial score (nSPS) is 23.0. The van der Waals surface area contributed by atoms with E-state index in [9.17, 15) is 13.5 Å². The molecule has 0 unspecified atom stereocenters. The van der Waals surface area contributed by atoms with Crippen LogP contribution < -0.4 is 15.4 Å². The molecule has 0 aromatic heterocycles. The molecule has 1 aromatic rings. The molecule has 1 fully saturated rings. The first-order valence-electron chi connectivity index (χ1n) is 7.25. The standard InChI is InChI=1S/C14H21N3O3S/c1-21(19,20)17-13-10-3-2-4-11(14-15-7-8-16-14)9(10)5-6-12(13)18/h5-6,11,14-18H,2-4,7-8H2,1H3/t11-/m0/s1. The second kappa shape index (κ2) is 5.47. The van der Waals surface area contributed by atoms with E-state index in [-0.39, 0.29) is 11.9 Å². The maximum atomic E-state index is 11.5. The quantitative estimate of drug-likeness (QED) is 0.617. The van der Waals surface area contributed by atoms with Gasteiger partial charge in [0.15, 0.2) is 0 Å². The molecule has 3 rings (SSSR count). The summed E-state index contributed by atoms with van der Waals surface area (Å²) in [7, 11) is -3.41. The van der Waals surface area contributed by atoms with E-state index in [1.54, 1.807) is 6.07 Å². The Bertz CT molecular complexity index is 639. The van der Waals surface area contributed by atoms with Crippen molar-refractivity contribution in [1.82, 2.24) is 10.6 Å². The third-order valence-electron chi connectivity index (χ3n) is 4.21. The molecule has 1 aromatic carbocycles. The third-order valence-corrected chi connectivity index (χ3v) is 4.79. The topological polar surface area (TPSA) is 90.5 Å². The number of fused-ring (bicyclic) bond motifs is 1. The van der Waals surface area contributed by atoms with Crippen molar-refractivity contribution in [3.8, 4) is 5.75 Å². The molecule has 1 atom stereocenters. The van der Waals surface area contributed by atoms with Gasteiger partial charge >= 0.3 is 0 Å². The number of sulfonamides is 1. The van der Waals surface area contributed by atoms with Crippen LogP contribution in [0, 0.1) is 0 Å². The van der Waals surface area contributed by atoms with Crippen LogP contribution in [0.25, 0.3) is 0 Å². The van der Waals surface area contributed by atoms with Crippen LogP contribution in [0.2, 0.25) is 0 Å². The lowest BCUT2D eigenvalue weighted by Gasteiger charge is -2.31. The number of phenolic OH excluding ortho intramolecular Hbond substituents is 1. The Hall–Kier alpha value is -1.31. The highest BCUT2D eigenvalue weighted by Crippen LogP contribution is 2.41. The number of aromatic hydroxyl groups is 1. The van der Waals surface area contributed by atoms with Gasteiger partial charge in [-0.1, -0.05) is 6.07 Å². The molecule has 6 nitrogen and oxygen atoms in total. The first-order valence-corrected chi connectivity index (χ1v) is 9.14. The van der Waals surface area contributed by atoms with Crippen molar-refractivity contribution in [3.63, 3.8) is 0 Å². The van der Waals surface area contributed by atoms with E-state index < -0.39 is 10.0 Å². The van der Waals surface area contributed by atoms with Crippen molar-refractivity contribution in [2.24, 2.45) is 0 Å². The number of hydrogen-bond donors (Lipinski definition) is 4. The van der Waals surface area contributed by atoms with Crippen LogP contribution >= 0.6 is 0 Å². The minimum absolute atomic E-state index is 0.00725. The van der Waals surface area contributed by atoms with Crippen molar-refractivity contribution in [2.45, 2.75) is 31.3 Å². The van der Waals surface area contributed by atoms with Gasteiger partial charge in [-0.2, -0.15) is 0 Å². The molecule has 0 bridgehead atoms. The van der Waals surface area contributed by atoms with Crippen LogP contribution in [0.1, 0.15) is 29.9 Å². The van der Waals surface area contributed by atoms with Crippen molar-refractivity contribution in [3.05, 3.63) is 23.3 Å². The number of hydrogen-bond acceptors (Lipinski definition) is 5. The van der Waals surface area contributed by atoms with Gasteiger partial charge < -0.3 is 15.7 Å². The second-order valence-electron chi connectivity index (χ2n) is 5.79. The molecule has 4 N–H and O–H groups in total. The van der Waals surface area contributed by atoms with Crippen LogP contribution in [0.15, 0.2) is 12.1 Å². The lowest BCUT2D eigenvalue weighted by molar-refractivity contribution is 0.403. The van der Waals surface area contributed by atoms with Crippen LogP contribution in [-0.2, 0) is 16.4 Å². The van der Waals surface area contributed by atoms with Crippen molar-refractivity contribution < 1.29 is 13.5 Å². The first-order chi connectivity index (χ1) is 9.96. The highest BCUT2D eigenvalue weighted by molar-refractivity contribution is 7.92. The fourth-order valence-electron chi connectivity index (χ4n) is 3.38. The minimum atomic E-state index is -3.41. The van der Waals surface area contributed by atoms with Gasteiger partial charge in [-0.25, -0.2) is 8.42 Å². The average Bonchev–Trinajstić information content (AvgIpc) is 2.94. The molecule has 0 radical (unpaired) electrons. The molecule has 2 aliphatic rings. The molecular formula is C14H21N3O3S. The number of benzene rings is 1. The highest BCUT2D eigenvalue weighted by Gasteiger charge is 2.31. The van der Waals surface area contributed by atoms with E-state index in [1.165, 1.54) is 0 Å². The summed E-state index contributed by atoms with van der Waals surface area (Å²) in [5.74, 6) is 0.295. The van der Waals surface area contributed by atoms with Crippen LogP contribution in [0.4, 0.5) is 5.69 Å². The molecule has 0 amide bonds. The van der Waals surface area contributed by atoms with Crippen LogP contribution in [0.5, 0.6) is 5.75 Å². The predicted octanol–water partition coefficient (Wildman–Crippen LogP) is 0.702. The van der Waals surface area contributed by atoms with Gasteiger partial charge in [-0.15, -0.1) is 0 Å². The molecule has 0 spiro atoms. The summed E-state index contributed by atoms with van der Waals surface area (Å²) >= 11 is 0. The Morgan fingerprint density at radius 2 is 2.00 bits per heavy atom. The van der Waals surface area contributed by atoms with Gasteiger partial charge in [-0.3, -0.25) is 4.72 Å². The Kier molecular flexibility index (Phi) is 3.81. The minimum Gasteiger partial charge on any atom is -0.506 e. The molecule has 116 valence electrons. The van der Waals surface area contributed by atoms with E-state index in [2.05, 4.69) is 15.4 Å². The largest absolute Gasteiger partial charge is 0.506 e. The monoisotopic (exact) mass is 311 g/mol. The summed E-state index contributed by atoms with van der Waals surface area (Å²) in [4.78, 5) is 0. The fourth-order valence-corrected chi connectivity index (χ4v) is 3.98. The zero-order chi connectivity index (χ0) is 15.0. The maximum Gasteiger partial charge on any atom is 0.229 e. The fraction of sp³-hybridized carbons (Fsp3) is 0.571. The summed E-state index contributed by atoms with van der Waals surface area (Å²) in [5.41, 5.74) is 2.39. The Balaban J connectivity index is 2.02. The maximum absolute atomic E-state index is 11.5. The van der Waals surface area contributed by atoms with E-state index in [0.29, 0.717) is 11.6 Å². The second-order valence-corrected chi connectivity index (χ2v) is 7.53. The van der Waals surface area contributed by atoms with Gasteiger partial charge in [0.05, 0.1) is 18.1 Å². The Morgan fingerprint density at radius 1 is 1.29 bits per heavy atom. The molecule has 1 aliphatic carbocycles. The van der Waals surface area contributed by atoms with Gasteiger partial charge in [0.1, 0.15) is 5.75 Å². The van der Waals surface area contributed by atoms with Crippen molar-refractivity contribution in [1.29, 1.82) is 0 Å². The van der Waals surface area contributed by atoms with Gasteiger partial charge in [0.25, 0.3) is 0 Å². The van der Waals surface area contributed by atoms with E-state index >= 15 is 0 Å². The van der Waals surface area contributed by atoms with E-state index in [4.69, 9.17) is 0 Å². The van der Waals surface area contributed by atoms with Crippen molar-refractivity contribution in [2.75, 3.05) is 24.1 Å². The molecule has 1 saturated heterocycles. The lowest BCUT2D eigenvalue weighted by atomic mass is 9.80. The Morgan fingerprint density at radius 3 is 2.67 bits per heavy atom. The predicted molar refractivity (Wildman–Crippen MR) is 82.0 cm³/mol. The van der Waals surface area contributed by atoms with E-state index in [0.717, 1.165) is 49.7 Å². The first kappa shape index (κ1) is 14.6. The zero-order valence-electron chi connectivity index (χ0n) is 12.0. The SMILES string of the molecule is CS(=O)(=O)Nc1c(O)ccc2c1CCC[C@@H]2C1NCCN1. The average molecular weight is 311 g/mol. The number of rotatable bonds is 3. The summed E-state index contributed by atoms with van der Waals surface area (Å²) in [6.45, 7) is 1.89.